The predicted octanol–water partition coefficient (Wildman–Crippen LogP) is 12.8. The van der Waals surface area contributed by atoms with E-state index < -0.39 is 0 Å². The molecule has 1 aromatic carbocycles. The van der Waals surface area contributed by atoms with Crippen molar-refractivity contribution in [3.05, 3.63) is 65.0 Å². The van der Waals surface area contributed by atoms with Crippen LogP contribution in [0, 0.1) is 0 Å². The predicted molar refractivity (Wildman–Crippen MR) is 217 cm³/mol. The maximum Gasteiger partial charge on any atom is 0.224 e. The molecule has 0 saturated carbocycles. The highest BCUT2D eigenvalue weighted by Gasteiger charge is 2.33. The molecular weight excluding hydrogens is 649 g/mol. The van der Waals surface area contributed by atoms with Gasteiger partial charge in [-0.05, 0) is 81.9 Å². The lowest BCUT2D eigenvalue weighted by Gasteiger charge is -2.23. The average molecular weight is 721 g/mol. The van der Waals surface area contributed by atoms with Crippen LogP contribution in [0.1, 0.15) is 173 Å². The van der Waals surface area contributed by atoms with Crippen LogP contribution in [0.3, 0.4) is 0 Å². The van der Waals surface area contributed by atoms with Gasteiger partial charge in [0.15, 0.2) is 18.3 Å². The summed E-state index contributed by atoms with van der Waals surface area (Å²) in [5.41, 5.74) is 2.43. The summed E-state index contributed by atoms with van der Waals surface area (Å²) in [6.07, 6.45) is 38.3. The van der Waals surface area contributed by atoms with Gasteiger partial charge in [-0.1, -0.05) is 128 Å². The second kappa shape index (κ2) is 29.3. The number of ketones is 2. The molecule has 1 aliphatic carbocycles. The zero-order valence-electron chi connectivity index (χ0n) is 33.7. The molecule has 0 unspecified atom stereocenters. The monoisotopic (exact) mass is 721 g/mol. The Hall–Kier alpha value is -3.12. The number of unbranched alkanes of at least 4 members (excludes halogenated alkanes) is 18. The first-order valence-electron chi connectivity index (χ1n) is 20.7. The van der Waals surface area contributed by atoms with Gasteiger partial charge in [0.25, 0.3) is 0 Å². The van der Waals surface area contributed by atoms with Crippen LogP contribution < -0.4 is 9.47 Å². The highest BCUT2D eigenvalue weighted by molar-refractivity contribution is 6.37. The Balaban J connectivity index is 2.03. The number of allylic oxidation sites excluding steroid dienone is 7. The highest BCUT2D eigenvalue weighted by atomic mass is 16.7. The highest BCUT2D eigenvalue weighted by Crippen LogP contribution is 2.42. The Kier molecular flexibility index (Phi) is 25.4. The van der Waals surface area contributed by atoms with Gasteiger partial charge in [0, 0.05) is 24.3 Å². The van der Waals surface area contributed by atoms with Crippen molar-refractivity contribution in [2.75, 3.05) is 28.1 Å². The van der Waals surface area contributed by atoms with Crippen molar-refractivity contribution in [3.8, 4) is 11.5 Å². The summed E-state index contributed by atoms with van der Waals surface area (Å²) >= 11 is 0. The first-order valence-corrected chi connectivity index (χ1v) is 20.7. The van der Waals surface area contributed by atoms with Crippen LogP contribution in [-0.2, 0) is 25.5 Å². The fraction of sp³-hybridized carbons (Fsp3) is 0.652. The smallest absolute Gasteiger partial charge is 0.224 e. The molecule has 0 fully saturated rings. The molecule has 0 aliphatic heterocycles. The molecule has 6 nitrogen and oxygen atoms in total. The van der Waals surface area contributed by atoms with Gasteiger partial charge in [0.1, 0.15) is 11.5 Å². The molecule has 0 spiro atoms. The number of ether oxygens (including phenoxy) is 4. The van der Waals surface area contributed by atoms with Crippen LogP contribution >= 0.6 is 0 Å². The SMILES string of the molecule is CCCC/C=C\CCCCCCCCCC1=C(c2c(OC)cc(CCCCCCCCC/C=C\CCCC)cc2OCOC)C(=O)C=C(OC)C1=O. The minimum Gasteiger partial charge on any atom is -0.496 e. The molecule has 0 bridgehead atoms. The number of Topliss-reactive ketones (excluding diaryl/α,β-unsaturated/α-hetero) is 1. The summed E-state index contributed by atoms with van der Waals surface area (Å²) in [7, 11) is 4.62. The normalized spacial score (nSPS) is 13.5. The van der Waals surface area contributed by atoms with E-state index in [0.717, 1.165) is 37.7 Å². The van der Waals surface area contributed by atoms with E-state index in [4.69, 9.17) is 18.9 Å². The van der Waals surface area contributed by atoms with Gasteiger partial charge < -0.3 is 18.9 Å². The molecule has 0 heterocycles. The Morgan fingerprint density at radius 3 is 1.54 bits per heavy atom. The van der Waals surface area contributed by atoms with Crippen LogP contribution in [0.15, 0.2) is 53.8 Å². The topological polar surface area (TPSA) is 71.1 Å². The molecule has 0 N–H and O–H groups in total. The third-order valence-corrected chi connectivity index (χ3v) is 9.87. The van der Waals surface area contributed by atoms with Crippen molar-refractivity contribution < 1.29 is 28.5 Å². The van der Waals surface area contributed by atoms with E-state index in [9.17, 15) is 9.59 Å². The summed E-state index contributed by atoms with van der Waals surface area (Å²) in [5.74, 6) is 0.618. The van der Waals surface area contributed by atoms with Gasteiger partial charge in [-0.25, -0.2) is 0 Å². The van der Waals surface area contributed by atoms with E-state index in [1.165, 1.54) is 129 Å². The molecule has 0 aromatic heterocycles. The van der Waals surface area contributed by atoms with Crippen molar-refractivity contribution in [2.24, 2.45) is 0 Å². The number of benzene rings is 1. The quantitative estimate of drug-likeness (QED) is 0.0319. The first-order chi connectivity index (χ1) is 25.5. The second-order valence-corrected chi connectivity index (χ2v) is 14.2. The van der Waals surface area contributed by atoms with Crippen molar-refractivity contribution in [1.82, 2.24) is 0 Å². The van der Waals surface area contributed by atoms with E-state index in [1.54, 1.807) is 14.2 Å². The lowest BCUT2D eigenvalue weighted by Crippen LogP contribution is -2.21. The molecule has 0 radical (unpaired) electrons. The lowest BCUT2D eigenvalue weighted by molar-refractivity contribution is -0.117. The van der Waals surface area contributed by atoms with E-state index in [-0.39, 0.29) is 24.1 Å². The molecular formula is C46H72O6. The number of carbonyl (C=O) groups excluding carboxylic acids is 2. The van der Waals surface area contributed by atoms with Crippen molar-refractivity contribution in [1.29, 1.82) is 0 Å². The third-order valence-electron chi connectivity index (χ3n) is 9.87. The van der Waals surface area contributed by atoms with E-state index in [2.05, 4.69) is 38.2 Å². The van der Waals surface area contributed by atoms with Gasteiger partial charge >= 0.3 is 0 Å². The molecule has 52 heavy (non-hydrogen) atoms. The van der Waals surface area contributed by atoms with E-state index in [0.29, 0.717) is 34.6 Å². The molecule has 292 valence electrons. The number of carbonyl (C=O) groups is 2. The molecule has 0 saturated heterocycles. The second-order valence-electron chi connectivity index (χ2n) is 14.2. The molecule has 6 heteroatoms. The molecule has 1 aliphatic rings. The largest absolute Gasteiger partial charge is 0.496 e. The van der Waals surface area contributed by atoms with Gasteiger partial charge in [-0.15, -0.1) is 0 Å². The maximum absolute atomic E-state index is 13.7. The third kappa shape index (κ3) is 17.6. The number of rotatable bonds is 32. The molecule has 0 atom stereocenters. The number of hydrogen-bond donors (Lipinski definition) is 0. The van der Waals surface area contributed by atoms with Gasteiger partial charge in [0.05, 0.1) is 19.8 Å². The first kappa shape index (κ1) is 45.0. The van der Waals surface area contributed by atoms with Crippen LogP contribution in [-0.4, -0.2) is 39.7 Å². The summed E-state index contributed by atoms with van der Waals surface area (Å²) in [4.78, 5) is 27.4. The average Bonchev–Trinajstić information content (AvgIpc) is 3.15. The minimum absolute atomic E-state index is 0.0210. The zero-order valence-corrected chi connectivity index (χ0v) is 33.7. The fourth-order valence-electron chi connectivity index (χ4n) is 6.80. The number of aryl methyl sites for hydroxylation is 1. The molecule has 1 aromatic rings. The standard InChI is InChI=1S/C46H72O6/c1-6-8-10-12-14-16-18-20-22-24-26-28-30-32-38-34-41(50-4)45(42(35-38)52-37-49-3)44-39(46(48)43(51-5)36-40(44)47)33-31-29-27-25-23-21-19-17-15-13-11-9-7-2/h12-15,34-36H,6-11,16-33,37H2,1-5H3/b14-12-,15-13-. The lowest BCUT2D eigenvalue weighted by atomic mass is 9.84. The van der Waals surface area contributed by atoms with Crippen molar-refractivity contribution in [2.45, 2.75) is 168 Å². The van der Waals surface area contributed by atoms with Crippen LogP contribution in [0.5, 0.6) is 11.5 Å². The summed E-state index contributed by atoms with van der Waals surface area (Å²) in [6.45, 7) is 4.49. The molecule has 0 amide bonds. The van der Waals surface area contributed by atoms with Crippen molar-refractivity contribution >= 4 is 17.1 Å². The zero-order chi connectivity index (χ0) is 37.7. The van der Waals surface area contributed by atoms with Gasteiger partial charge in [0.2, 0.25) is 5.78 Å². The fourth-order valence-corrected chi connectivity index (χ4v) is 6.80. The summed E-state index contributed by atoms with van der Waals surface area (Å²) in [5, 5.41) is 0. The number of methoxy groups -OCH3 is 3. The molecule has 2 rings (SSSR count). The van der Waals surface area contributed by atoms with Crippen LogP contribution in [0.4, 0.5) is 0 Å². The van der Waals surface area contributed by atoms with Crippen LogP contribution in [0.25, 0.3) is 5.57 Å². The Morgan fingerprint density at radius 2 is 1.04 bits per heavy atom. The van der Waals surface area contributed by atoms with Crippen molar-refractivity contribution in [3.63, 3.8) is 0 Å². The summed E-state index contributed by atoms with van der Waals surface area (Å²) < 4.78 is 22.6. The van der Waals surface area contributed by atoms with E-state index >= 15 is 0 Å². The van der Waals surface area contributed by atoms with Gasteiger partial charge in [-0.2, -0.15) is 0 Å². The minimum atomic E-state index is -0.268. The Labute approximate surface area is 317 Å². The maximum atomic E-state index is 13.7. The summed E-state index contributed by atoms with van der Waals surface area (Å²) in [6, 6.07) is 3.99. The number of hydrogen-bond acceptors (Lipinski definition) is 6. The van der Waals surface area contributed by atoms with Crippen LogP contribution in [0.2, 0.25) is 0 Å². The van der Waals surface area contributed by atoms with Gasteiger partial charge in [-0.3, -0.25) is 9.59 Å². The Morgan fingerprint density at radius 1 is 0.558 bits per heavy atom. The Bertz CT molecular complexity index is 1270. The van der Waals surface area contributed by atoms with E-state index in [1.807, 2.05) is 12.1 Å².